The summed E-state index contributed by atoms with van der Waals surface area (Å²) in [6.45, 7) is 6.97. The van der Waals surface area contributed by atoms with Crippen LogP contribution in [0.3, 0.4) is 0 Å². The Morgan fingerprint density at radius 1 is 1.39 bits per heavy atom. The number of aryl methyl sites for hydroxylation is 1. The molecule has 0 N–H and O–H groups in total. The molecule has 0 spiro atoms. The van der Waals surface area contributed by atoms with Crippen molar-refractivity contribution in [3.05, 3.63) is 34.7 Å². The smallest absolute Gasteiger partial charge is 0.156 e. The van der Waals surface area contributed by atoms with Crippen molar-refractivity contribution in [1.29, 1.82) is 0 Å². The van der Waals surface area contributed by atoms with Gasteiger partial charge >= 0.3 is 0 Å². The molecule has 3 heteroatoms. The first kappa shape index (κ1) is 12.0. The fraction of sp³-hybridized carbons (Fsp3) is 0.533. The molecule has 1 atom stereocenters. The van der Waals surface area contributed by atoms with Crippen LogP contribution in [-0.2, 0) is 12.8 Å². The molecule has 0 aliphatic heterocycles. The summed E-state index contributed by atoms with van der Waals surface area (Å²) in [4.78, 5) is 4.75. The molecule has 2 heterocycles. The van der Waals surface area contributed by atoms with E-state index in [4.69, 9.17) is 16.6 Å². The summed E-state index contributed by atoms with van der Waals surface area (Å²) >= 11 is 6.22. The molecular formula is C15H19ClN2. The quantitative estimate of drug-likeness (QED) is 0.698. The molecule has 3 rings (SSSR count). The second-order valence-corrected chi connectivity index (χ2v) is 6.77. The summed E-state index contributed by atoms with van der Waals surface area (Å²) in [5.41, 5.74) is 3.87. The third-order valence-corrected chi connectivity index (χ3v) is 4.47. The highest BCUT2D eigenvalue weighted by Gasteiger charge is 2.31. The first-order valence-electron chi connectivity index (χ1n) is 6.61. The van der Waals surface area contributed by atoms with Crippen molar-refractivity contribution >= 4 is 17.2 Å². The van der Waals surface area contributed by atoms with Crippen molar-refractivity contribution in [3.63, 3.8) is 0 Å². The van der Waals surface area contributed by atoms with Crippen molar-refractivity contribution in [2.45, 2.75) is 40.0 Å². The summed E-state index contributed by atoms with van der Waals surface area (Å²) in [6.07, 6.45) is 5.51. The third-order valence-electron chi connectivity index (χ3n) is 4.18. The van der Waals surface area contributed by atoms with Crippen LogP contribution < -0.4 is 0 Å². The monoisotopic (exact) mass is 262 g/mol. The van der Waals surface area contributed by atoms with Gasteiger partial charge in [-0.05, 0) is 42.7 Å². The zero-order valence-electron chi connectivity index (χ0n) is 11.2. The van der Waals surface area contributed by atoms with Crippen LogP contribution >= 0.6 is 11.6 Å². The summed E-state index contributed by atoms with van der Waals surface area (Å²) < 4.78 is 2.16. The minimum Gasteiger partial charge on any atom is -0.303 e. The third kappa shape index (κ3) is 1.83. The summed E-state index contributed by atoms with van der Waals surface area (Å²) in [7, 11) is 0. The molecule has 1 aliphatic rings. The second-order valence-electron chi connectivity index (χ2n) is 6.36. The summed E-state index contributed by atoms with van der Waals surface area (Å²) in [5.74, 6) is 0.716. The Labute approximate surface area is 113 Å². The minimum absolute atomic E-state index is 0.358. The largest absolute Gasteiger partial charge is 0.303 e. The highest BCUT2D eigenvalue weighted by molar-refractivity contribution is 6.33. The normalized spacial score (nSPS) is 20.1. The van der Waals surface area contributed by atoms with E-state index in [2.05, 4.69) is 31.4 Å². The van der Waals surface area contributed by atoms with Crippen LogP contribution in [-0.4, -0.2) is 9.38 Å². The molecule has 0 fully saturated rings. The number of halogens is 1. The van der Waals surface area contributed by atoms with E-state index in [1.165, 1.54) is 17.8 Å². The van der Waals surface area contributed by atoms with Gasteiger partial charge in [0.1, 0.15) is 0 Å². The maximum atomic E-state index is 6.22. The maximum absolute atomic E-state index is 6.22. The molecule has 0 bridgehead atoms. The van der Waals surface area contributed by atoms with E-state index in [0.717, 1.165) is 23.5 Å². The number of aromatic nitrogens is 2. The predicted octanol–water partition coefficient (Wildman–Crippen LogP) is 4.14. The zero-order chi connectivity index (χ0) is 12.9. The molecule has 1 aliphatic carbocycles. The van der Waals surface area contributed by atoms with Crippen LogP contribution in [0.4, 0.5) is 0 Å². The Bertz CT molecular complexity index is 592. The zero-order valence-corrected chi connectivity index (χ0v) is 12.0. The van der Waals surface area contributed by atoms with Crippen LogP contribution in [0.25, 0.3) is 5.65 Å². The molecule has 1 unspecified atom stereocenters. The van der Waals surface area contributed by atoms with Crippen LogP contribution in [0.5, 0.6) is 0 Å². The van der Waals surface area contributed by atoms with Crippen LogP contribution in [0.15, 0.2) is 18.3 Å². The van der Waals surface area contributed by atoms with Gasteiger partial charge in [0.2, 0.25) is 0 Å². The van der Waals surface area contributed by atoms with E-state index in [1.807, 2.05) is 12.1 Å². The molecule has 2 nitrogen and oxygen atoms in total. The van der Waals surface area contributed by atoms with Crippen LogP contribution in [0.2, 0.25) is 5.02 Å². The predicted molar refractivity (Wildman–Crippen MR) is 75.2 cm³/mol. The van der Waals surface area contributed by atoms with Crippen molar-refractivity contribution in [2.24, 2.45) is 11.3 Å². The van der Waals surface area contributed by atoms with E-state index in [0.29, 0.717) is 11.3 Å². The minimum atomic E-state index is 0.358. The topological polar surface area (TPSA) is 17.3 Å². The molecule has 0 aromatic carbocycles. The maximum Gasteiger partial charge on any atom is 0.156 e. The van der Waals surface area contributed by atoms with Gasteiger partial charge in [0.15, 0.2) is 5.65 Å². The average Bonchev–Trinajstić information content (AvgIpc) is 2.67. The lowest BCUT2D eigenvalue weighted by atomic mass is 9.73. The molecule has 0 radical (unpaired) electrons. The van der Waals surface area contributed by atoms with E-state index in [1.54, 1.807) is 0 Å². The molecule has 0 saturated carbocycles. The van der Waals surface area contributed by atoms with E-state index in [-0.39, 0.29) is 0 Å². The van der Waals surface area contributed by atoms with E-state index >= 15 is 0 Å². The standard InChI is InChI=1S/C15H19ClN2/c1-15(2,3)10-6-7-13-12(9-10)17-14-11(16)5-4-8-18(13)14/h4-5,8,10H,6-7,9H2,1-3H3. The Morgan fingerprint density at radius 3 is 2.89 bits per heavy atom. The van der Waals surface area contributed by atoms with Gasteiger partial charge in [0.05, 0.1) is 10.7 Å². The van der Waals surface area contributed by atoms with Crippen molar-refractivity contribution in [2.75, 3.05) is 0 Å². The first-order chi connectivity index (χ1) is 8.47. The fourth-order valence-electron chi connectivity index (χ4n) is 2.94. The number of imidazole rings is 1. The van der Waals surface area contributed by atoms with Gasteiger partial charge in [-0.2, -0.15) is 0 Å². The fourth-order valence-corrected chi connectivity index (χ4v) is 3.15. The lowest BCUT2D eigenvalue weighted by Gasteiger charge is -2.33. The van der Waals surface area contributed by atoms with Crippen molar-refractivity contribution < 1.29 is 0 Å². The van der Waals surface area contributed by atoms with Gasteiger partial charge in [-0.25, -0.2) is 4.98 Å². The number of nitrogens with zero attached hydrogens (tertiary/aromatic N) is 2. The number of rotatable bonds is 0. The SMILES string of the molecule is CC(C)(C)C1CCc2c(nc3c(Cl)cccn23)C1. The number of pyridine rings is 1. The van der Waals surface area contributed by atoms with Gasteiger partial charge in [0.25, 0.3) is 0 Å². The summed E-state index contributed by atoms with van der Waals surface area (Å²) in [5, 5.41) is 0.749. The van der Waals surface area contributed by atoms with Crippen LogP contribution in [0, 0.1) is 11.3 Å². The molecule has 18 heavy (non-hydrogen) atoms. The number of hydrogen-bond acceptors (Lipinski definition) is 1. The lowest BCUT2D eigenvalue weighted by Crippen LogP contribution is -2.27. The van der Waals surface area contributed by atoms with Crippen molar-refractivity contribution in [3.8, 4) is 0 Å². The molecular weight excluding hydrogens is 244 g/mol. The highest BCUT2D eigenvalue weighted by Crippen LogP contribution is 2.37. The van der Waals surface area contributed by atoms with Gasteiger partial charge < -0.3 is 4.40 Å². The van der Waals surface area contributed by atoms with E-state index < -0.39 is 0 Å². The molecule has 0 amide bonds. The second kappa shape index (κ2) is 3.99. The molecule has 2 aromatic heterocycles. The van der Waals surface area contributed by atoms with Gasteiger partial charge in [0, 0.05) is 11.9 Å². The van der Waals surface area contributed by atoms with Gasteiger partial charge in [-0.15, -0.1) is 0 Å². The van der Waals surface area contributed by atoms with Gasteiger partial charge in [-0.3, -0.25) is 0 Å². The molecule has 96 valence electrons. The number of hydrogen-bond donors (Lipinski definition) is 0. The summed E-state index contributed by atoms with van der Waals surface area (Å²) in [6, 6.07) is 3.91. The Morgan fingerprint density at radius 2 is 2.17 bits per heavy atom. The Hall–Kier alpha value is -1.02. The first-order valence-corrected chi connectivity index (χ1v) is 6.99. The molecule has 0 saturated heterocycles. The Balaban J connectivity index is 2.08. The van der Waals surface area contributed by atoms with Crippen LogP contribution in [0.1, 0.15) is 38.6 Å². The van der Waals surface area contributed by atoms with Crippen molar-refractivity contribution in [1.82, 2.24) is 9.38 Å². The molecule has 2 aromatic rings. The number of fused-ring (bicyclic) bond motifs is 3. The average molecular weight is 263 g/mol. The van der Waals surface area contributed by atoms with E-state index in [9.17, 15) is 0 Å². The highest BCUT2D eigenvalue weighted by atomic mass is 35.5. The lowest BCUT2D eigenvalue weighted by molar-refractivity contribution is 0.213. The van der Waals surface area contributed by atoms with Gasteiger partial charge in [-0.1, -0.05) is 32.4 Å². The Kier molecular flexibility index (Phi) is 2.67.